The smallest absolute Gasteiger partial charge is 0.303 e. The highest BCUT2D eigenvalue weighted by atomic mass is 35.5. The van der Waals surface area contributed by atoms with Crippen molar-refractivity contribution in [3.63, 3.8) is 0 Å². The van der Waals surface area contributed by atoms with Crippen molar-refractivity contribution < 1.29 is 15.0 Å². The number of carboxylic acids is 1. The van der Waals surface area contributed by atoms with Crippen LogP contribution in [0.2, 0.25) is 0 Å². The second-order valence-corrected chi connectivity index (χ2v) is 5.34. The van der Waals surface area contributed by atoms with E-state index in [4.69, 9.17) is 5.11 Å². The molecule has 0 saturated carbocycles. The van der Waals surface area contributed by atoms with E-state index in [0.717, 1.165) is 37.9 Å². The largest absolute Gasteiger partial charge is 0.481 e. The minimum absolute atomic E-state index is 0. The average Bonchev–Trinajstić information content (AvgIpc) is 2.44. The molecule has 0 unspecified atom stereocenters. The second kappa shape index (κ2) is 9.77. The molecule has 1 fully saturated rings. The van der Waals surface area contributed by atoms with Crippen molar-refractivity contribution >= 4 is 18.4 Å². The highest BCUT2D eigenvalue weighted by Crippen LogP contribution is 2.31. The van der Waals surface area contributed by atoms with Gasteiger partial charge in [0, 0.05) is 19.5 Å². The molecule has 1 aliphatic rings. The van der Waals surface area contributed by atoms with Gasteiger partial charge in [0.05, 0.1) is 5.60 Å². The Balaban J connectivity index is 0.000000495. The summed E-state index contributed by atoms with van der Waals surface area (Å²) >= 11 is 0. The van der Waals surface area contributed by atoms with E-state index in [9.17, 15) is 9.90 Å². The van der Waals surface area contributed by atoms with E-state index >= 15 is 0 Å². The minimum atomic E-state index is -0.711. The van der Waals surface area contributed by atoms with Crippen LogP contribution >= 0.6 is 12.4 Å². The maximum absolute atomic E-state index is 10.4. The molecule has 0 amide bonds. The fourth-order valence-corrected chi connectivity index (χ4v) is 2.24. The zero-order valence-electron chi connectivity index (χ0n) is 12.8. The average molecular weight is 316 g/mol. The molecule has 0 aromatic heterocycles. The fraction of sp³-hybridized carbons (Fsp3) is 0.562. The molecule has 1 aliphatic heterocycles. The number of halogens is 1. The number of aliphatic carboxylic acids is 1. The number of likely N-dealkylation sites (tertiary alicyclic amines) is 1. The van der Waals surface area contributed by atoms with E-state index in [1.54, 1.807) is 0 Å². The highest BCUT2D eigenvalue weighted by Gasteiger charge is 2.32. The normalized spacial score (nSPS) is 17.1. The summed E-state index contributed by atoms with van der Waals surface area (Å²) < 4.78 is 0. The van der Waals surface area contributed by atoms with Gasteiger partial charge in [0.1, 0.15) is 0 Å². The lowest BCUT2D eigenvalue weighted by Gasteiger charge is -2.36. The van der Waals surface area contributed by atoms with Crippen LogP contribution in [0, 0.1) is 0 Å². The Bertz CT molecular complexity index is 403. The standard InChI is InChI=1S/C12H17NO.C4H8O2.ClH/c1-13-9-7-12(14,8-10-13)11-5-3-2-4-6-11;1-2-3-4(5)6;/h2-6,14H,7-10H2,1H3;2-3H2,1H3,(H,5,6);1H. The van der Waals surface area contributed by atoms with E-state index in [2.05, 4.69) is 11.9 Å². The van der Waals surface area contributed by atoms with Crippen LogP contribution in [0.4, 0.5) is 0 Å². The van der Waals surface area contributed by atoms with Gasteiger partial charge >= 0.3 is 5.97 Å². The lowest BCUT2D eigenvalue weighted by atomic mass is 9.85. The zero-order valence-corrected chi connectivity index (χ0v) is 13.6. The monoisotopic (exact) mass is 315 g/mol. The summed E-state index contributed by atoms with van der Waals surface area (Å²) in [5.74, 6) is -0.711. The lowest BCUT2D eigenvalue weighted by Crippen LogP contribution is -2.40. The Morgan fingerprint density at radius 2 is 1.76 bits per heavy atom. The number of benzene rings is 1. The van der Waals surface area contributed by atoms with E-state index < -0.39 is 11.6 Å². The Hall–Kier alpha value is -1.10. The predicted octanol–water partition coefficient (Wildman–Crippen LogP) is 2.89. The molecule has 1 aromatic rings. The third-order valence-electron chi connectivity index (χ3n) is 3.59. The summed E-state index contributed by atoms with van der Waals surface area (Å²) in [5, 5.41) is 18.3. The van der Waals surface area contributed by atoms with Crippen molar-refractivity contribution in [3.8, 4) is 0 Å². The van der Waals surface area contributed by atoms with Crippen LogP contribution in [-0.2, 0) is 10.4 Å². The van der Waals surface area contributed by atoms with Gasteiger partial charge in [-0.3, -0.25) is 4.79 Å². The van der Waals surface area contributed by atoms with Gasteiger partial charge in [-0.2, -0.15) is 0 Å². The van der Waals surface area contributed by atoms with Gasteiger partial charge in [-0.1, -0.05) is 37.3 Å². The Kier molecular flexibility index (Phi) is 9.26. The third-order valence-corrected chi connectivity index (χ3v) is 3.59. The molecule has 1 saturated heterocycles. The van der Waals surface area contributed by atoms with Crippen LogP contribution < -0.4 is 0 Å². The van der Waals surface area contributed by atoms with Crippen molar-refractivity contribution in [1.82, 2.24) is 4.90 Å². The van der Waals surface area contributed by atoms with Gasteiger partial charge in [0.25, 0.3) is 0 Å². The molecule has 1 heterocycles. The maximum atomic E-state index is 10.4. The van der Waals surface area contributed by atoms with Gasteiger partial charge in [0.15, 0.2) is 0 Å². The number of piperidine rings is 1. The summed E-state index contributed by atoms with van der Waals surface area (Å²) in [6.45, 7) is 3.80. The quantitative estimate of drug-likeness (QED) is 0.900. The van der Waals surface area contributed by atoms with Crippen LogP contribution in [0.1, 0.15) is 38.2 Å². The number of nitrogens with zero attached hydrogens (tertiary/aromatic N) is 1. The molecule has 1 aromatic carbocycles. The van der Waals surface area contributed by atoms with Gasteiger partial charge in [-0.05, 0) is 31.9 Å². The number of rotatable bonds is 3. The molecule has 4 nitrogen and oxygen atoms in total. The Labute approximate surface area is 133 Å². The van der Waals surface area contributed by atoms with Crippen LogP contribution in [0.5, 0.6) is 0 Å². The van der Waals surface area contributed by atoms with Crippen LogP contribution in [0.25, 0.3) is 0 Å². The van der Waals surface area contributed by atoms with E-state index in [0.29, 0.717) is 6.42 Å². The summed E-state index contributed by atoms with van der Waals surface area (Å²) in [7, 11) is 2.10. The molecule has 0 bridgehead atoms. The summed E-state index contributed by atoms with van der Waals surface area (Å²) in [5.41, 5.74) is 0.474. The Morgan fingerprint density at radius 3 is 2.14 bits per heavy atom. The topological polar surface area (TPSA) is 60.8 Å². The molecule has 0 aliphatic carbocycles. The number of hydrogen-bond donors (Lipinski definition) is 2. The molecule has 0 spiro atoms. The van der Waals surface area contributed by atoms with Crippen molar-refractivity contribution in [3.05, 3.63) is 35.9 Å². The zero-order chi connectivity index (χ0) is 15.0. The predicted molar refractivity (Wildman–Crippen MR) is 86.9 cm³/mol. The molecule has 2 N–H and O–H groups in total. The van der Waals surface area contributed by atoms with Crippen LogP contribution in [0.3, 0.4) is 0 Å². The molecular formula is C16H26ClNO3. The van der Waals surface area contributed by atoms with Gasteiger partial charge < -0.3 is 15.1 Å². The van der Waals surface area contributed by atoms with E-state index in [1.165, 1.54) is 0 Å². The molecular weight excluding hydrogens is 290 g/mol. The SMILES string of the molecule is CCCC(=O)O.CN1CCC(O)(c2ccccc2)CC1.Cl. The summed E-state index contributed by atoms with van der Waals surface area (Å²) in [6.07, 6.45) is 2.70. The maximum Gasteiger partial charge on any atom is 0.303 e. The van der Waals surface area contributed by atoms with Crippen molar-refractivity contribution in [1.29, 1.82) is 0 Å². The molecule has 0 radical (unpaired) electrons. The van der Waals surface area contributed by atoms with Gasteiger partial charge in [-0.25, -0.2) is 0 Å². The van der Waals surface area contributed by atoms with Crippen molar-refractivity contribution in [2.24, 2.45) is 0 Å². The van der Waals surface area contributed by atoms with Crippen LogP contribution in [0.15, 0.2) is 30.3 Å². The first-order valence-electron chi connectivity index (χ1n) is 7.16. The van der Waals surface area contributed by atoms with Crippen molar-refractivity contribution in [2.45, 2.75) is 38.2 Å². The first kappa shape index (κ1) is 19.9. The molecule has 120 valence electrons. The van der Waals surface area contributed by atoms with Gasteiger partial charge in [-0.15, -0.1) is 12.4 Å². The number of aliphatic hydroxyl groups is 1. The van der Waals surface area contributed by atoms with E-state index in [-0.39, 0.29) is 12.4 Å². The summed E-state index contributed by atoms with van der Waals surface area (Å²) in [6, 6.07) is 10.0. The Morgan fingerprint density at radius 1 is 1.24 bits per heavy atom. The number of carboxylic acid groups (broad SMARTS) is 1. The first-order chi connectivity index (χ1) is 9.48. The van der Waals surface area contributed by atoms with Crippen LogP contribution in [-0.4, -0.2) is 41.2 Å². The second-order valence-electron chi connectivity index (χ2n) is 5.34. The van der Waals surface area contributed by atoms with E-state index in [1.807, 2.05) is 37.3 Å². The third kappa shape index (κ3) is 6.93. The molecule has 5 heteroatoms. The molecule has 0 atom stereocenters. The fourth-order valence-electron chi connectivity index (χ4n) is 2.24. The molecule has 2 rings (SSSR count). The van der Waals surface area contributed by atoms with Crippen molar-refractivity contribution in [2.75, 3.05) is 20.1 Å². The first-order valence-corrected chi connectivity index (χ1v) is 7.16. The lowest BCUT2D eigenvalue weighted by molar-refractivity contribution is -0.137. The minimum Gasteiger partial charge on any atom is -0.481 e. The number of carbonyl (C=O) groups is 1. The highest BCUT2D eigenvalue weighted by molar-refractivity contribution is 5.85. The molecule has 21 heavy (non-hydrogen) atoms. The number of hydrogen-bond acceptors (Lipinski definition) is 3. The van der Waals surface area contributed by atoms with Gasteiger partial charge in [0.2, 0.25) is 0 Å². The summed E-state index contributed by atoms with van der Waals surface area (Å²) in [4.78, 5) is 11.9.